The molecule has 0 saturated heterocycles. The maximum atomic E-state index is 13.8. The standard InChI is InChI=1S/C30H34N2O5S/c1-20(2)10-13-31(30(34)22-6-9-26-27(16-22)37-19-36-26)17-29(33)32-14-11-28-24(12-15-38-28)25(32)18-35-23-7-4-21(3)5-8-23/h4-9,12,15-16,20,25H,10-11,13-14,17-19H2,1-3H3. The van der Waals surface area contributed by atoms with E-state index in [2.05, 4.69) is 25.3 Å². The molecule has 2 aliphatic rings. The average molecular weight is 535 g/mol. The zero-order chi connectivity index (χ0) is 26.6. The van der Waals surface area contributed by atoms with Gasteiger partial charge >= 0.3 is 0 Å². The van der Waals surface area contributed by atoms with Crippen LogP contribution in [0.15, 0.2) is 53.9 Å². The third kappa shape index (κ3) is 5.80. The molecule has 200 valence electrons. The van der Waals surface area contributed by atoms with E-state index in [1.807, 2.05) is 36.1 Å². The van der Waals surface area contributed by atoms with E-state index < -0.39 is 0 Å². The van der Waals surface area contributed by atoms with Gasteiger partial charge in [0.25, 0.3) is 5.91 Å². The molecule has 0 aliphatic carbocycles. The first-order valence-corrected chi connectivity index (χ1v) is 14.0. The third-order valence-electron chi connectivity index (χ3n) is 7.05. The van der Waals surface area contributed by atoms with Crippen molar-refractivity contribution in [3.63, 3.8) is 0 Å². The lowest BCUT2D eigenvalue weighted by Crippen LogP contribution is -2.48. The molecule has 0 fully saturated rings. The number of ether oxygens (including phenoxy) is 3. The van der Waals surface area contributed by atoms with Gasteiger partial charge in [0.15, 0.2) is 11.5 Å². The molecule has 1 atom stereocenters. The summed E-state index contributed by atoms with van der Waals surface area (Å²) in [5.41, 5.74) is 2.79. The molecule has 0 saturated carbocycles. The molecular formula is C30H34N2O5S. The Morgan fingerprint density at radius 1 is 1.11 bits per heavy atom. The molecule has 38 heavy (non-hydrogen) atoms. The summed E-state index contributed by atoms with van der Waals surface area (Å²) in [7, 11) is 0. The third-order valence-corrected chi connectivity index (χ3v) is 8.05. The van der Waals surface area contributed by atoms with Crippen molar-refractivity contribution >= 4 is 23.2 Å². The molecule has 1 unspecified atom stereocenters. The monoisotopic (exact) mass is 534 g/mol. The highest BCUT2D eigenvalue weighted by Crippen LogP contribution is 2.35. The fourth-order valence-electron chi connectivity index (χ4n) is 4.82. The minimum absolute atomic E-state index is 0.0144. The number of amides is 2. The van der Waals surface area contributed by atoms with Gasteiger partial charge in [-0.25, -0.2) is 0 Å². The highest BCUT2D eigenvalue weighted by atomic mass is 32.1. The van der Waals surface area contributed by atoms with E-state index in [1.54, 1.807) is 34.4 Å². The lowest BCUT2D eigenvalue weighted by Gasteiger charge is -2.37. The maximum absolute atomic E-state index is 13.8. The fourth-order valence-corrected chi connectivity index (χ4v) is 5.75. The zero-order valence-electron chi connectivity index (χ0n) is 22.1. The lowest BCUT2D eigenvalue weighted by atomic mass is 10.00. The van der Waals surface area contributed by atoms with Gasteiger partial charge in [-0.1, -0.05) is 31.5 Å². The van der Waals surface area contributed by atoms with Gasteiger partial charge in [0.05, 0.1) is 6.04 Å². The van der Waals surface area contributed by atoms with Crippen molar-refractivity contribution in [3.05, 3.63) is 75.5 Å². The van der Waals surface area contributed by atoms with Crippen molar-refractivity contribution in [1.29, 1.82) is 0 Å². The normalized spacial score (nSPS) is 15.9. The van der Waals surface area contributed by atoms with Gasteiger partial charge in [0.2, 0.25) is 12.7 Å². The smallest absolute Gasteiger partial charge is 0.254 e. The first-order chi connectivity index (χ1) is 18.4. The number of hydrogen-bond donors (Lipinski definition) is 0. The van der Waals surface area contributed by atoms with Crippen molar-refractivity contribution in [2.24, 2.45) is 5.92 Å². The summed E-state index contributed by atoms with van der Waals surface area (Å²) >= 11 is 1.72. The van der Waals surface area contributed by atoms with Crippen LogP contribution in [-0.2, 0) is 11.2 Å². The molecule has 0 radical (unpaired) electrons. The SMILES string of the molecule is Cc1ccc(OCC2c3ccsc3CCN2C(=O)CN(CCC(C)C)C(=O)c2ccc3c(c2)OCO3)cc1. The van der Waals surface area contributed by atoms with Gasteiger partial charge in [-0.15, -0.1) is 11.3 Å². The van der Waals surface area contributed by atoms with Crippen molar-refractivity contribution in [1.82, 2.24) is 9.80 Å². The molecule has 8 heteroatoms. The molecule has 5 rings (SSSR count). The van der Waals surface area contributed by atoms with Crippen LogP contribution in [0.1, 0.15) is 52.7 Å². The van der Waals surface area contributed by atoms with Crippen LogP contribution in [0.4, 0.5) is 0 Å². The molecular weight excluding hydrogens is 500 g/mol. The predicted octanol–water partition coefficient (Wildman–Crippen LogP) is 5.48. The van der Waals surface area contributed by atoms with E-state index in [1.165, 1.54) is 10.4 Å². The van der Waals surface area contributed by atoms with Crippen LogP contribution in [0.5, 0.6) is 17.2 Å². The number of fused-ring (bicyclic) bond motifs is 2. The fraction of sp³-hybridized carbons (Fsp3) is 0.400. The van der Waals surface area contributed by atoms with Crippen LogP contribution < -0.4 is 14.2 Å². The van der Waals surface area contributed by atoms with Gasteiger partial charge in [-0.05, 0) is 73.0 Å². The number of carbonyl (C=O) groups is 2. The Morgan fingerprint density at radius 2 is 1.89 bits per heavy atom. The maximum Gasteiger partial charge on any atom is 0.254 e. The topological polar surface area (TPSA) is 68.3 Å². The Bertz CT molecular complexity index is 1290. The number of hydrogen-bond acceptors (Lipinski definition) is 6. The molecule has 2 aromatic carbocycles. The summed E-state index contributed by atoms with van der Waals surface area (Å²) in [6.07, 6.45) is 1.61. The van der Waals surface area contributed by atoms with Crippen molar-refractivity contribution in [3.8, 4) is 17.2 Å². The Kier molecular flexibility index (Phi) is 7.88. The van der Waals surface area contributed by atoms with Crippen LogP contribution in [-0.4, -0.2) is 54.6 Å². The van der Waals surface area contributed by atoms with Gasteiger partial charge in [0, 0.05) is 23.5 Å². The number of aryl methyl sites for hydroxylation is 1. The van der Waals surface area contributed by atoms with Crippen LogP contribution in [0.3, 0.4) is 0 Å². The average Bonchev–Trinajstić information content (AvgIpc) is 3.59. The van der Waals surface area contributed by atoms with E-state index in [9.17, 15) is 9.59 Å². The highest BCUT2D eigenvalue weighted by molar-refractivity contribution is 7.10. The Labute approximate surface area is 227 Å². The second kappa shape index (κ2) is 11.5. The first kappa shape index (κ1) is 26.1. The largest absolute Gasteiger partial charge is 0.491 e. The number of rotatable bonds is 9. The zero-order valence-corrected chi connectivity index (χ0v) is 23.0. The summed E-state index contributed by atoms with van der Waals surface area (Å²) in [6.45, 7) is 7.90. The Hall–Kier alpha value is -3.52. The number of benzene rings is 2. The highest BCUT2D eigenvalue weighted by Gasteiger charge is 2.34. The van der Waals surface area contributed by atoms with Crippen LogP contribution in [0, 0.1) is 12.8 Å². The van der Waals surface area contributed by atoms with Crippen molar-refractivity contribution in [2.75, 3.05) is 33.0 Å². The summed E-state index contributed by atoms with van der Waals surface area (Å²) in [4.78, 5) is 32.2. The van der Waals surface area contributed by atoms with Gasteiger partial charge in [-0.2, -0.15) is 0 Å². The minimum atomic E-state index is -0.202. The molecule has 0 bridgehead atoms. The summed E-state index contributed by atoms with van der Waals surface area (Å²) in [5, 5.41) is 2.08. The molecule has 3 aromatic rings. The molecule has 1 aromatic heterocycles. The molecule has 2 amide bonds. The van der Waals surface area contributed by atoms with E-state index in [-0.39, 0.29) is 31.2 Å². The number of nitrogens with zero attached hydrogens (tertiary/aromatic N) is 2. The lowest BCUT2D eigenvalue weighted by molar-refractivity contribution is -0.135. The number of carbonyl (C=O) groups excluding carboxylic acids is 2. The van der Waals surface area contributed by atoms with Crippen LogP contribution in [0.25, 0.3) is 0 Å². The molecule has 2 aliphatic heterocycles. The number of thiophene rings is 1. The van der Waals surface area contributed by atoms with E-state index >= 15 is 0 Å². The minimum Gasteiger partial charge on any atom is -0.491 e. The van der Waals surface area contributed by atoms with Crippen molar-refractivity contribution < 1.29 is 23.8 Å². The second-order valence-corrected chi connectivity index (χ2v) is 11.3. The van der Waals surface area contributed by atoms with Gasteiger partial charge in [-0.3, -0.25) is 9.59 Å². The second-order valence-electron chi connectivity index (χ2n) is 10.3. The van der Waals surface area contributed by atoms with E-state index in [0.29, 0.717) is 42.7 Å². The summed E-state index contributed by atoms with van der Waals surface area (Å²) in [5.74, 6) is 2.11. The summed E-state index contributed by atoms with van der Waals surface area (Å²) in [6, 6.07) is 15.0. The van der Waals surface area contributed by atoms with Gasteiger partial charge < -0.3 is 24.0 Å². The molecule has 0 N–H and O–H groups in total. The van der Waals surface area contributed by atoms with Crippen molar-refractivity contribution in [2.45, 2.75) is 39.7 Å². The van der Waals surface area contributed by atoms with Crippen LogP contribution >= 0.6 is 11.3 Å². The van der Waals surface area contributed by atoms with E-state index in [4.69, 9.17) is 14.2 Å². The van der Waals surface area contributed by atoms with E-state index in [0.717, 1.165) is 24.2 Å². The Balaban J connectivity index is 1.34. The Morgan fingerprint density at radius 3 is 2.68 bits per heavy atom. The van der Waals surface area contributed by atoms with Crippen LogP contribution in [0.2, 0.25) is 0 Å². The molecule has 7 nitrogen and oxygen atoms in total. The molecule has 0 spiro atoms. The summed E-state index contributed by atoms with van der Waals surface area (Å²) < 4.78 is 17.0. The first-order valence-electron chi connectivity index (χ1n) is 13.1. The van der Waals surface area contributed by atoms with Gasteiger partial charge in [0.1, 0.15) is 18.9 Å². The molecule has 3 heterocycles. The quantitative estimate of drug-likeness (QED) is 0.364. The predicted molar refractivity (Wildman–Crippen MR) is 147 cm³/mol.